The van der Waals surface area contributed by atoms with E-state index in [1.54, 1.807) is 26.2 Å². The van der Waals surface area contributed by atoms with Crippen molar-refractivity contribution in [3.8, 4) is 5.75 Å². The van der Waals surface area contributed by atoms with Crippen LogP contribution in [0.4, 0.5) is 5.69 Å². The lowest BCUT2D eigenvalue weighted by molar-refractivity contribution is -0.384. The number of methoxy groups -OCH3 is 1. The number of carbonyl (C=O) groups excluding carboxylic acids is 1. The molecule has 0 unspecified atom stereocenters. The fourth-order valence-electron chi connectivity index (χ4n) is 3.39. The van der Waals surface area contributed by atoms with Gasteiger partial charge in [0.05, 0.1) is 25.1 Å². The van der Waals surface area contributed by atoms with Crippen LogP contribution in [0.25, 0.3) is 10.9 Å². The summed E-state index contributed by atoms with van der Waals surface area (Å²) in [5.74, 6) is 0.410. The van der Waals surface area contributed by atoms with E-state index >= 15 is 0 Å². The monoisotopic (exact) mass is 382 g/mol. The van der Waals surface area contributed by atoms with Crippen molar-refractivity contribution < 1.29 is 19.2 Å². The Morgan fingerprint density at radius 1 is 1.21 bits per heavy atom. The first-order chi connectivity index (χ1) is 13.4. The van der Waals surface area contributed by atoms with E-state index < -0.39 is 4.92 Å². The fraction of sp³-hybridized carbons (Fsp3) is 0.286. The van der Waals surface area contributed by atoms with Crippen molar-refractivity contribution in [2.24, 2.45) is 0 Å². The number of benzene rings is 2. The molecule has 3 rings (SSSR count). The number of aromatic nitrogens is 1. The first-order valence-corrected chi connectivity index (χ1v) is 8.99. The van der Waals surface area contributed by atoms with Gasteiger partial charge in [0.15, 0.2) is 0 Å². The molecule has 0 saturated carbocycles. The minimum atomic E-state index is -0.402. The molecule has 1 heterocycles. The summed E-state index contributed by atoms with van der Waals surface area (Å²) in [6, 6.07) is 12.3. The summed E-state index contributed by atoms with van der Waals surface area (Å²) in [4.78, 5) is 22.8. The molecule has 0 bridgehead atoms. The highest BCUT2D eigenvalue weighted by atomic mass is 16.6. The van der Waals surface area contributed by atoms with E-state index in [1.165, 1.54) is 6.07 Å². The molecule has 0 radical (unpaired) electrons. The second kappa shape index (κ2) is 8.12. The van der Waals surface area contributed by atoms with Crippen molar-refractivity contribution in [3.05, 3.63) is 69.4 Å². The molecule has 0 saturated heterocycles. The molecule has 146 valence electrons. The molecule has 0 fully saturated rings. The number of fused-ring (bicyclic) bond motifs is 1. The van der Waals surface area contributed by atoms with E-state index in [0.717, 1.165) is 27.7 Å². The first-order valence-electron chi connectivity index (χ1n) is 8.99. The summed E-state index contributed by atoms with van der Waals surface area (Å²) in [5.41, 5.74) is 3.59. The van der Waals surface area contributed by atoms with Gasteiger partial charge in [0, 0.05) is 35.3 Å². The predicted octanol–water partition coefficient (Wildman–Crippen LogP) is 4.02. The Bertz CT molecular complexity index is 1040. The Morgan fingerprint density at radius 3 is 2.68 bits per heavy atom. The van der Waals surface area contributed by atoms with E-state index in [0.29, 0.717) is 18.9 Å². The summed E-state index contributed by atoms with van der Waals surface area (Å²) in [5, 5.41) is 12.0. The minimum absolute atomic E-state index is 0.0556. The number of non-ortho nitro benzene ring substituents is 1. The zero-order chi connectivity index (χ0) is 20.3. The third-order valence-electron chi connectivity index (χ3n) is 4.75. The molecule has 0 N–H and O–H groups in total. The maximum atomic E-state index is 12.1. The quantitative estimate of drug-likeness (QED) is 0.350. The molecule has 0 aliphatic carbocycles. The highest BCUT2D eigenvalue weighted by Crippen LogP contribution is 2.31. The van der Waals surface area contributed by atoms with Crippen molar-refractivity contribution in [2.45, 2.75) is 26.8 Å². The predicted molar refractivity (Wildman–Crippen MR) is 106 cm³/mol. The third kappa shape index (κ3) is 3.83. The topological polar surface area (TPSA) is 83.6 Å². The van der Waals surface area contributed by atoms with Crippen LogP contribution < -0.4 is 4.74 Å². The van der Waals surface area contributed by atoms with Crippen LogP contribution in [0.15, 0.2) is 42.5 Å². The lowest BCUT2D eigenvalue weighted by Gasteiger charge is -2.09. The van der Waals surface area contributed by atoms with Crippen LogP contribution in [0.1, 0.15) is 23.7 Å². The molecule has 1 aromatic heterocycles. The number of carbonyl (C=O) groups is 1. The van der Waals surface area contributed by atoms with Crippen molar-refractivity contribution >= 4 is 22.6 Å². The molecule has 7 heteroatoms. The number of nitro benzene ring substituents is 1. The smallest absolute Gasteiger partial charge is 0.310 e. The second-order valence-corrected chi connectivity index (χ2v) is 6.44. The highest BCUT2D eigenvalue weighted by molar-refractivity contribution is 5.90. The van der Waals surface area contributed by atoms with Gasteiger partial charge in [0.1, 0.15) is 5.75 Å². The summed E-state index contributed by atoms with van der Waals surface area (Å²) in [7, 11) is 1.60. The van der Waals surface area contributed by atoms with Gasteiger partial charge in [0.2, 0.25) is 0 Å². The van der Waals surface area contributed by atoms with Crippen molar-refractivity contribution in [2.75, 3.05) is 13.7 Å². The van der Waals surface area contributed by atoms with Crippen LogP contribution in [-0.4, -0.2) is 29.2 Å². The molecular weight excluding hydrogens is 360 g/mol. The van der Waals surface area contributed by atoms with Crippen LogP contribution in [0, 0.1) is 17.0 Å². The van der Waals surface area contributed by atoms with Crippen LogP contribution in [-0.2, 0) is 22.5 Å². The highest BCUT2D eigenvalue weighted by Gasteiger charge is 2.18. The van der Waals surface area contributed by atoms with Crippen LogP contribution in [0.3, 0.4) is 0 Å². The number of rotatable bonds is 7. The molecular formula is C21H22N2O5. The lowest BCUT2D eigenvalue weighted by atomic mass is 10.1. The summed E-state index contributed by atoms with van der Waals surface area (Å²) in [6.07, 6.45) is 0.158. The van der Waals surface area contributed by atoms with Gasteiger partial charge in [-0.2, -0.15) is 0 Å². The van der Waals surface area contributed by atoms with E-state index in [2.05, 4.69) is 4.57 Å². The normalized spacial score (nSPS) is 10.8. The van der Waals surface area contributed by atoms with Crippen LogP contribution in [0.2, 0.25) is 0 Å². The molecule has 28 heavy (non-hydrogen) atoms. The van der Waals surface area contributed by atoms with Gasteiger partial charge < -0.3 is 14.0 Å². The average molecular weight is 382 g/mol. The number of ether oxygens (including phenoxy) is 2. The Kier molecular flexibility index (Phi) is 5.63. The Labute approximate surface area is 162 Å². The summed E-state index contributed by atoms with van der Waals surface area (Å²) in [6.45, 7) is 4.50. The largest absolute Gasteiger partial charge is 0.497 e. The number of esters is 1. The second-order valence-electron chi connectivity index (χ2n) is 6.44. The Balaban J connectivity index is 2.09. The maximum absolute atomic E-state index is 12.1. The van der Waals surface area contributed by atoms with Gasteiger partial charge in [-0.3, -0.25) is 14.9 Å². The van der Waals surface area contributed by atoms with Crippen LogP contribution >= 0.6 is 0 Å². The summed E-state index contributed by atoms with van der Waals surface area (Å²) < 4.78 is 12.5. The molecule has 0 atom stereocenters. The average Bonchev–Trinajstić information content (AvgIpc) is 2.93. The third-order valence-corrected chi connectivity index (χ3v) is 4.75. The van der Waals surface area contributed by atoms with Gasteiger partial charge in [-0.1, -0.05) is 12.1 Å². The van der Waals surface area contributed by atoms with E-state index in [9.17, 15) is 14.9 Å². The lowest BCUT2D eigenvalue weighted by Crippen LogP contribution is -2.09. The number of nitro groups is 1. The van der Waals surface area contributed by atoms with Gasteiger partial charge in [-0.05, 0) is 43.2 Å². The van der Waals surface area contributed by atoms with Crippen molar-refractivity contribution in [3.63, 3.8) is 0 Å². The number of nitrogens with zero attached hydrogens (tertiary/aromatic N) is 2. The van der Waals surface area contributed by atoms with Crippen LogP contribution in [0.5, 0.6) is 5.75 Å². The molecule has 3 aromatic rings. The number of hydrogen-bond acceptors (Lipinski definition) is 5. The summed E-state index contributed by atoms with van der Waals surface area (Å²) >= 11 is 0. The standard InChI is InChI=1S/C21H22N2O5/c1-4-28-21(24)12-18-14(2)22(20-9-8-17(27-3)11-19(18)20)13-15-6-5-7-16(10-15)23(25)26/h5-11H,4,12-13H2,1-3H3. The molecule has 2 aromatic carbocycles. The Hall–Kier alpha value is -3.35. The minimum Gasteiger partial charge on any atom is -0.497 e. The van der Waals surface area contributed by atoms with Gasteiger partial charge in [-0.15, -0.1) is 0 Å². The van der Waals surface area contributed by atoms with Gasteiger partial charge >= 0.3 is 5.97 Å². The van der Waals surface area contributed by atoms with E-state index in [4.69, 9.17) is 9.47 Å². The zero-order valence-electron chi connectivity index (χ0n) is 16.1. The van der Waals surface area contributed by atoms with Crippen molar-refractivity contribution in [1.82, 2.24) is 4.57 Å². The Morgan fingerprint density at radius 2 is 2.00 bits per heavy atom. The zero-order valence-corrected chi connectivity index (χ0v) is 16.1. The fourth-order valence-corrected chi connectivity index (χ4v) is 3.39. The number of hydrogen-bond donors (Lipinski definition) is 0. The molecule has 0 amide bonds. The van der Waals surface area contributed by atoms with Crippen molar-refractivity contribution in [1.29, 1.82) is 0 Å². The maximum Gasteiger partial charge on any atom is 0.310 e. The SMILES string of the molecule is CCOC(=O)Cc1c(C)n(Cc2cccc([N+](=O)[O-])c2)c2ccc(OC)cc12. The molecule has 7 nitrogen and oxygen atoms in total. The molecule has 0 aliphatic heterocycles. The van der Waals surface area contributed by atoms with E-state index in [-0.39, 0.29) is 18.1 Å². The molecule has 0 spiro atoms. The van der Waals surface area contributed by atoms with Gasteiger partial charge in [-0.25, -0.2) is 0 Å². The first kappa shape index (κ1) is 19.4. The van der Waals surface area contributed by atoms with Gasteiger partial charge in [0.25, 0.3) is 5.69 Å². The molecule has 0 aliphatic rings. The van der Waals surface area contributed by atoms with E-state index in [1.807, 2.05) is 31.2 Å².